The van der Waals surface area contributed by atoms with Crippen molar-refractivity contribution in [2.45, 2.75) is 56.7 Å². The Labute approximate surface area is 201 Å². The summed E-state index contributed by atoms with van der Waals surface area (Å²) in [5.74, 6) is 1.02. The van der Waals surface area contributed by atoms with Crippen LogP contribution in [0.1, 0.15) is 55.0 Å². The van der Waals surface area contributed by atoms with Crippen LogP contribution in [0, 0.1) is 0 Å². The summed E-state index contributed by atoms with van der Waals surface area (Å²) >= 11 is 0. The van der Waals surface area contributed by atoms with Gasteiger partial charge < -0.3 is 15.7 Å². The van der Waals surface area contributed by atoms with Gasteiger partial charge in [0.05, 0.1) is 11.7 Å². The summed E-state index contributed by atoms with van der Waals surface area (Å²) in [6.07, 6.45) is 6.92. The standard InChI is InChI=1S/C26H27N7O2/c34-24-20-15-28-25(29-18-6-5-16-9-12-27-14-17(16)13-18)31-23(20)33(32(24)19-7-8-19)22-4-1-3-21(30-22)26(35)10-2-11-26/h1,3-6,13,15,19,27,35H,2,7-12,14H2,(H,28,29,31). The van der Waals surface area contributed by atoms with E-state index in [0.717, 1.165) is 44.5 Å². The molecule has 2 saturated carbocycles. The first-order chi connectivity index (χ1) is 17.1. The van der Waals surface area contributed by atoms with E-state index in [9.17, 15) is 9.90 Å². The molecule has 35 heavy (non-hydrogen) atoms. The van der Waals surface area contributed by atoms with Crippen molar-refractivity contribution in [2.24, 2.45) is 0 Å². The van der Waals surface area contributed by atoms with Gasteiger partial charge in [-0.2, -0.15) is 4.98 Å². The van der Waals surface area contributed by atoms with Crippen LogP contribution in [0.4, 0.5) is 11.6 Å². The molecule has 3 aliphatic rings. The van der Waals surface area contributed by atoms with E-state index in [4.69, 9.17) is 9.97 Å². The van der Waals surface area contributed by atoms with Crippen molar-refractivity contribution in [3.63, 3.8) is 0 Å². The number of aliphatic hydroxyl groups is 1. The quantitative estimate of drug-likeness (QED) is 0.412. The average molecular weight is 470 g/mol. The molecular formula is C26H27N7O2. The van der Waals surface area contributed by atoms with Crippen LogP contribution in [0.5, 0.6) is 0 Å². The zero-order chi connectivity index (χ0) is 23.6. The molecule has 0 bridgehead atoms. The van der Waals surface area contributed by atoms with Gasteiger partial charge >= 0.3 is 0 Å². The number of fused-ring (bicyclic) bond motifs is 2. The van der Waals surface area contributed by atoms with Crippen LogP contribution in [0.3, 0.4) is 0 Å². The Morgan fingerprint density at radius 3 is 2.80 bits per heavy atom. The first-order valence-electron chi connectivity index (χ1n) is 12.4. The lowest BCUT2D eigenvalue weighted by Gasteiger charge is -2.36. The van der Waals surface area contributed by atoms with Crippen LogP contribution in [0.15, 0.2) is 47.4 Å². The predicted octanol–water partition coefficient (Wildman–Crippen LogP) is 3.07. The average Bonchev–Trinajstić information content (AvgIpc) is 3.66. The van der Waals surface area contributed by atoms with E-state index >= 15 is 0 Å². The van der Waals surface area contributed by atoms with Crippen molar-refractivity contribution >= 4 is 22.7 Å². The minimum atomic E-state index is -0.882. The second-order valence-electron chi connectivity index (χ2n) is 9.93. The molecule has 0 amide bonds. The highest BCUT2D eigenvalue weighted by Gasteiger charge is 2.38. The summed E-state index contributed by atoms with van der Waals surface area (Å²) in [7, 11) is 0. The van der Waals surface area contributed by atoms with Gasteiger partial charge in [0, 0.05) is 18.4 Å². The highest BCUT2D eigenvalue weighted by atomic mass is 16.3. The van der Waals surface area contributed by atoms with Gasteiger partial charge in [-0.1, -0.05) is 12.1 Å². The lowest BCUT2D eigenvalue weighted by atomic mass is 9.77. The van der Waals surface area contributed by atoms with Gasteiger partial charge in [-0.15, -0.1) is 0 Å². The van der Waals surface area contributed by atoms with Crippen LogP contribution in [0.2, 0.25) is 0 Å². The number of hydrogen-bond acceptors (Lipinski definition) is 7. The maximum absolute atomic E-state index is 13.3. The van der Waals surface area contributed by atoms with E-state index in [0.29, 0.717) is 41.3 Å². The number of aromatic nitrogens is 5. The van der Waals surface area contributed by atoms with Crippen molar-refractivity contribution in [1.82, 2.24) is 29.6 Å². The molecule has 1 aromatic carbocycles. The normalized spacial score (nSPS) is 18.8. The van der Waals surface area contributed by atoms with Gasteiger partial charge in [-0.05, 0) is 80.5 Å². The lowest BCUT2D eigenvalue weighted by molar-refractivity contribution is -0.0426. The maximum atomic E-state index is 13.3. The highest BCUT2D eigenvalue weighted by Crippen LogP contribution is 2.40. The minimum Gasteiger partial charge on any atom is -0.384 e. The molecule has 2 fully saturated rings. The smallest absolute Gasteiger partial charge is 0.278 e. The number of hydrogen-bond donors (Lipinski definition) is 3. The second-order valence-corrected chi connectivity index (χ2v) is 9.93. The van der Waals surface area contributed by atoms with Crippen LogP contribution in [-0.2, 0) is 18.6 Å². The molecule has 178 valence electrons. The van der Waals surface area contributed by atoms with Crippen LogP contribution in [0.25, 0.3) is 16.9 Å². The van der Waals surface area contributed by atoms with E-state index < -0.39 is 5.60 Å². The van der Waals surface area contributed by atoms with Gasteiger partial charge in [0.25, 0.3) is 5.56 Å². The summed E-state index contributed by atoms with van der Waals surface area (Å²) in [5, 5.41) is 18.1. The second kappa shape index (κ2) is 7.73. The summed E-state index contributed by atoms with van der Waals surface area (Å²) in [4.78, 5) is 27.4. The zero-order valence-corrected chi connectivity index (χ0v) is 19.4. The Hall–Kier alpha value is -3.56. The predicted molar refractivity (Wildman–Crippen MR) is 132 cm³/mol. The van der Waals surface area contributed by atoms with Crippen molar-refractivity contribution in [1.29, 1.82) is 0 Å². The largest absolute Gasteiger partial charge is 0.384 e. The van der Waals surface area contributed by atoms with Crippen molar-refractivity contribution in [3.05, 3.63) is 69.8 Å². The minimum absolute atomic E-state index is 0.108. The molecule has 9 nitrogen and oxygen atoms in total. The maximum Gasteiger partial charge on any atom is 0.278 e. The molecule has 4 heterocycles. The van der Waals surface area contributed by atoms with Crippen LogP contribution >= 0.6 is 0 Å². The van der Waals surface area contributed by atoms with Crippen LogP contribution < -0.4 is 16.2 Å². The van der Waals surface area contributed by atoms with E-state index in [1.165, 1.54) is 11.1 Å². The third-order valence-corrected chi connectivity index (χ3v) is 7.47. The van der Waals surface area contributed by atoms with Gasteiger partial charge in [-0.25, -0.2) is 19.3 Å². The summed E-state index contributed by atoms with van der Waals surface area (Å²) in [6, 6.07) is 12.1. The third kappa shape index (κ3) is 3.45. The Bertz CT molecular complexity index is 1510. The topological polar surface area (TPSA) is 110 Å². The Kier molecular flexibility index (Phi) is 4.59. The molecule has 0 saturated heterocycles. The zero-order valence-electron chi connectivity index (χ0n) is 19.4. The van der Waals surface area contributed by atoms with E-state index in [2.05, 4.69) is 27.8 Å². The molecule has 3 aromatic heterocycles. The van der Waals surface area contributed by atoms with Gasteiger partial charge in [0.15, 0.2) is 11.5 Å². The van der Waals surface area contributed by atoms with Gasteiger partial charge in [-0.3, -0.25) is 4.79 Å². The Balaban J connectivity index is 1.33. The molecule has 7 rings (SSSR count). The molecule has 1 aliphatic heterocycles. The monoisotopic (exact) mass is 469 g/mol. The number of benzene rings is 1. The first kappa shape index (κ1) is 20.8. The lowest BCUT2D eigenvalue weighted by Crippen LogP contribution is -2.35. The molecule has 2 aliphatic carbocycles. The molecule has 0 unspecified atom stereocenters. The molecule has 3 N–H and O–H groups in total. The molecule has 4 aromatic rings. The van der Waals surface area contributed by atoms with E-state index in [1.807, 2.05) is 28.9 Å². The Morgan fingerprint density at radius 2 is 2.00 bits per heavy atom. The van der Waals surface area contributed by atoms with Crippen molar-refractivity contribution < 1.29 is 5.11 Å². The molecule has 0 spiro atoms. The van der Waals surface area contributed by atoms with E-state index in [1.54, 1.807) is 10.9 Å². The molecule has 0 atom stereocenters. The van der Waals surface area contributed by atoms with Gasteiger partial charge in [0.1, 0.15) is 11.0 Å². The number of nitrogens with zero attached hydrogens (tertiary/aromatic N) is 5. The Morgan fingerprint density at radius 1 is 1.11 bits per heavy atom. The fourth-order valence-electron chi connectivity index (χ4n) is 5.18. The van der Waals surface area contributed by atoms with Gasteiger partial charge in [0.2, 0.25) is 5.95 Å². The first-order valence-corrected chi connectivity index (χ1v) is 12.4. The number of rotatable bonds is 5. The fraction of sp³-hybridized carbons (Fsp3) is 0.385. The fourth-order valence-corrected chi connectivity index (χ4v) is 5.18. The molecule has 0 radical (unpaired) electrons. The summed E-state index contributed by atoms with van der Waals surface area (Å²) in [6.45, 7) is 1.85. The number of anilines is 2. The number of nitrogens with one attached hydrogen (secondary N) is 2. The van der Waals surface area contributed by atoms with Crippen molar-refractivity contribution in [2.75, 3.05) is 11.9 Å². The molecule has 9 heteroatoms. The third-order valence-electron chi connectivity index (χ3n) is 7.47. The summed E-state index contributed by atoms with van der Waals surface area (Å²) in [5.41, 5.74) is 3.72. The number of pyridine rings is 1. The van der Waals surface area contributed by atoms with E-state index in [-0.39, 0.29) is 11.6 Å². The highest BCUT2D eigenvalue weighted by molar-refractivity contribution is 5.77. The summed E-state index contributed by atoms with van der Waals surface area (Å²) < 4.78 is 3.56. The molecular weight excluding hydrogens is 442 g/mol. The van der Waals surface area contributed by atoms with Crippen molar-refractivity contribution in [3.8, 4) is 5.82 Å². The SMILES string of the molecule is O=c1c2cnc(Nc3ccc4c(c3)CNCC4)nc2n(-c2cccc(C3(O)CCC3)n2)n1C1CC1. The van der Waals surface area contributed by atoms with Crippen LogP contribution in [-0.4, -0.2) is 36.0 Å².